The Morgan fingerprint density at radius 1 is 1.47 bits per heavy atom. The lowest BCUT2D eigenvalue weighted by molar-refractivity contribution is -0.152. The van der Waals surface area contributed by atoms with Crippen molar-refractivity contribution in [3.63, 3.8) is 0 Å². The number of carbonyl (C=O) groups is 2. The maximum atomic E-state index is 11.6. The molecule has 0 saturated carbocycles. The van der Waals surface area contributed by atoms with Gasteiger partial charge in [-0.25, -0.2) is 9.78 Å². The maximum Gasteiger partial charge on any atom is 0.326 e. The highest BCUT2D eigenvalue weighted by Crippen LogP contribution is 2.15. The van der Waals surface area contributed by atoms with Crippen molar-refractivity contribution in [1.29, 1.82) is 0 Å². The van der Waals surface area contributed by atoms with Crippen LogP contribution in [0, 0.1) is 5.41 Å². The van der Waals surface area contributed by atoms with Gasteiger partial charge in [-0.2, -0.15) is 0 Å². The van der Waals surface area contributed by atoms with Crippen LogP contribution in [0.2, 0.25) is 0 Å². The van der Waals surface area contributed by atoms with Crippen molar-refractivity contribution in [1.82, 2.24) is 14.9 Å². The Bertz CT molecular complexity index is 385. The molecule has 1 aromatic heterocycles. The van der Waals surface area contributed by atoms with Crippen molar-refractivity contribution >= 4 is 12.0 Å². The number of ether oxygens (including phenoxy) is 1. The van der Waals surface area contributed by atoms with E-state index in [9.17, 15) is 9.59 Å². The minimum atomic E-state index is -0.744. The van der Waals surface area contributed by atoms with Crippen LogP contribution in [0.15, 0.2) is 18.7 Å². The third-order valence-electron chi connectivity index (χ3n) is 2.25. The standard InChI is InChI=1S/C11H17N3O3/c1-4-17-9(15)11(2,3)7-13-10(16)14-6-5-12-8-14/h5-6,8H,4,7H2,1-3H3,(H,13,16). The second-order valence-corrected chi connectivity index (χ2v) is 4.23. The first-order valence-electron chi connectivity index (χ1n) is 5.40. The van der Waals surface area contributed by atoms with Crippen LogP contribution in [-0.2, 0) is 9.53 Å². The molecule has 1 heterocycles. The SMILES string of the molecule is CCOC(=O)C(C)(C)CNC(=O)n1ccnc1. The summed E-state index contributed by atoms with van der Waals surface area (Å²) < 4.78 is 6.23. The summed E-state index contributed by atoms with van der Waals surface area (Å²) in [7, 11) is 0. The van der Waals surface area contributed by atoms with E-state index in [1.165, 1.54) is 23.3 Å². The highest BCUT2D eigenvalue weighted by Gasteiger charge is 2.29. The number of esters is 1. The molecule has 0 radical (unpaired) electrons. The summed E-state index contributed by atoms with van der Waals surface area (Å²) in [5.41, 5.74) is -0.744. The van der Waals surface area contributed by atoms with Gasteiger partial charge in [0, 0.05) is 18.9 Å². The average Bonchev–Trinajstić information content (AvgIpc) is 2.79. The predicted molar refractivity (Wildman–Crippen MR) is 61.4 cm³/mol. The molecule has 0 fully saturated rings. The van der Waals surface area contributed by atoms with E-state index in [4.69, 9.17) is 4.74 Å². The van der Waals surface area contributed by atoms with Gasteiger partial charge in [-0.15, -0.1) is 0 Å². The van der Waals surface area contributed by atoms with Gasteiger partial charge < -0.3 is 10.1 Å². The largest absolute Gasteiger partial charge is 0.466 e. The topological polar surface area (TPSA) is 73.2 Å². The van der Waals surface area contributed by atoms with E-state index in [1.54, 1.807) is 20.8 Å². The zero-order chi connectivity index (χ0) is 12.9. The zero-order valence-electron chi connectivity index (χ0n) is 10.3. The number of nitrogens with one attached hydrogen (secondary N) is 1. The van der Waals surface area contributed by atoms with E-state index in [0.29, 0.717) is 6.61 Å². The number of amides is 1. The molecule has 0 aliphatic rings. The van der Waals surface area contributed by atoms with Crippen LogP contribution in [0.25, 0.3) is 0 Å². The minimum absolute atomic E-state index is 0.211. The van der Waals surface area contributed by atoms with E-state index < -0.39 is 5.41 Å². The minimum Gasteiger partial charge on any atom is -0.466 e. The lowest BCUT2D eigenvalue weighted by Gasteiger charge is -2.22. The Morgan fingerprint density at radius 3 is 2.71 bits per heavy atom. The molecule has 0 saturated heterocycles. The number of nitrogens with zero attached hydrogens (tertiary/aromatic N) is 2. The summed E-state index contributed by atoms with van der Waals surface area (Å²) in [5, 5.41) is 2.65. The van der Waals surface area contributed by atoms with Gasteiger partial charge in [0.05, 0.1) is 12.0 Å². The van der Waals surface area contributed by atoms with Crippen LogP contribution in [-0.4, -0.2) is 34.7 Å². The molecule has 1 amide bonds. The molecular weight excluding hydrogens is 222 g/mol. The predicted octanol–water partition coefficient (Wildman–Crippen LogP) is 1.03. The normalized spacial score (nSPS) is 11.0. The van der Waals surface area contributed by atoms with Crippen molar-refractivity contribution in [2.45, 2.75) is 20.8 Å². The molecule has 1 rings (SSSR count). The van der Waals surface area contributed by atoms with Gasteiger partial charge in [-0.05, 0) is 20.8 Å². The first-order chi connectivity index (χ1) is 7.97. The van der Waals surface area contributed by atoms with Gasteiger partial charge in [-0.3, -0.25) is 9.36 Å². The molecule has 0 unspecified atom stereocenters. The van der Waals surface area contributed by atoms with Crippen LogP contribution in [0.3, 0.4) is 0 Å². The molecule has 1 N–H and O–H groups in total. The maximum absolute atomic E-state index is 11.6. The van der Waals surface area contributed by atoms with E-state index in [0.717, 1.165) is 0 Å². The van der Waals surface area contributed by atoms with Gasteiger partial charge in [0.25, 0.3) is 0 Å². The van der Waals surface area contributed by atoms with E-state index in [-0.39, 0.29) is 18.5 Å². The van der Waals surface area contributed by atoms with Crippen LogP contribution in [0.4, 0.5) is 4.79 Å². The lowest BCUT2D eigenvalue weighted by Crippen LogP contribution is -2.41. The number of rotatable bonds is 4. The summed E-state index contributed by atoms with van der Waals surface area (Å²) in [6, 6.07) is -0.320. The van der Waals surface area contributed by atoms with Crippen molar-refractivity contribution in [3.8, 4) is 0 Å². The van der Waals surface area contributed by atoms with Gasteiger partial charge in [0.2, 0.25) is 0 Å². The van der Waals surface area contributed by atoms with Crippen LogP contribution >= 0.6 is 0 Å². The molecule has 0 aliphatic heterocycles. The smallest absolute Gasteiger partial charge is 0.326 e. The molecule has 0 bridgehead atoms. The number of hydrogen-bond donors (Lipinski definition) is 1. The Morgan fingerprint density at radius 2 is 2.18 bits per heavy atom. The van der Waals surface area contributed by atoms with Crippen molar-refractivity contribution < 1.29 is 14.3 Å². The van der Waals surface area contributed by atoms with Crippen LogP contribution in [0.5, 0.6) is 0 Å². The molecule has 0 aromatic carbocycles. The third-order valence-corrected chi connectivity index (χ3v) is 2.25. The summed E-state index contributed by atoms with van der Waals surface area (Å²) in [6.07, 6.45) is 4.44. The number of aromatic nitrogens is 2. The molecule has 94 valence electrons. The molecular formula is C11H17N3O3. The highest BCUT2D eigenvalue weighted by atomic mass is 16.5. The number of carbonyl (C=O) groups excluding carboxylic acids is 2. The Kier molecular flexibility index (Phi) is 4.25. The first kappa shape index (κ1) is 13.2. The van der Waals surface area contributed by atoms with Crippen LogP contribution < -0.4 is 5.32 Å². The van der Waals surface area contributed by atoms with Crippen LogP contribution in [0.1, 0.15) is 20.8 Å². The Hall–Kier alpha value is -1.85. The Balaban J connectivity index is 2.50. The first-order valence-corrected chi connectivity index (χ1v) is 5.40. The fourth-order valence-corrected chi connectivity index (χ4v) is 1.17. The van der Waals surface area contributed by atoms with E-state index >= 15 is 0 Å². The highest BCUT2D eigenvalue weighted by molar-refractivity contribution is 5.79. The van der Waals surface area contributed by atoms with Crippen molar-refractivity contribution in [2.24, 2.45) is 5.41 Å². The van der Waals surface area contributed by atoms with Crippen molar-refractivity contribution in [2.75, 3.05) is 13.2 Å². The molecule has 6 nitrogen and oxygen atoms in total. The molecule has 0 atom stereocenters. The molecule has 0 aliphatic carbocycles. The Labute approximate surface area is 100.0 Å². The molecule has 17 heavy (non-hydrogen) atoms. The lowest BCUT2D eigenvalue weighted by atomic mass is 9.94. The third kappa shape index (κ3) is 3.58. The van der Waals surface area contributed by atoms with Gasteiger partial charge in [0.15, 0.2) is 0 Å². The molecule has 1 aromatic rings. The number of hydrogen-bond acceptors (Lipinski definition) is 4. The van der Waals surface area contributed by atoms with Gasteiger partial charge in [0.1, 0.15) is 6.33 Å². The van der Waals surface area contributed by atoms with Gasteiger partial charge >= 0.3 is 12.0 Å². The average molecular weight is 239 g/mol. The quantitative estimate of drug-likeness (QED) is 0.796. The van der Waals surface area contributed by atoms with E-state index in [1.807, 2.05) is 0 Å². The monoisotopic (exact) mass is 239 g/mol. The summed E-state index contributed by atoms with van der Waals surface area (Å²) in [6.45, 7) is 5.73. The van der Waals surface area contributed by atoms with E-state index in [2.05, 4.69) is 10.3 Å². The van der Waals surface area contributed by atoms with Crippen molar-refractivity contribution in [3.05, 3.63) is 18.7 Å². The molecule has 6 heteroatoms. The van der Waals surface area contributed by atoms with Gasteiger partial charge in [-0.1, -0.05) is 0 Å². The second-order valence-electron chi connectivity index (χ2n) is 4.23. The summed E-state index contributed by atoms with van der Waals surface area (Å²) >= 11 is 0. The zero-order valence-corrected chi connectivity index (χ0v) is 10.3. The molecule has 0 spiro atoms. The number of imidazole rings is 1. The second kappa shape index (κ2) is 5.47. The fraction of sp³-hybridized carbons (Fsp3) is 0.545. The fourth-order valence-electron chi connectivity index (χ4n) is 1.17. The summed E-state index contributed by atoms with van der Waals surface area (Å²) in [5.74, 6) is -0.328. The summed E-state index contributed by atoms with van der Waals surface area (Å²) in [4.78, 5) is 26.9.